The highest BCUT2D eigenvalue weighted by Gasteiger charge is 2.29. The number of alkyl halides is 3. The number of nitrogens with one attached hydrogen (secondary N) is 1. The summed E-state index contributed by atoms with van der Waals surface area (Å²) in [5.74, 6) is 0.697. The summed E-state index contributed by atoms with van der Waals surface area (Å²) in [6.45, 7) is 2.18. The Hall–Kier alpha value is -3.03. The van der Waals surface area contributed by atoms with E-state index in [-0.39, 0.29) is 6.61 Å². The Balaban J connectivity index is 1.78. The molecule has 0 spiro atoms. The van der Waals surface area contributed by atoms with Gasteiger partial charge in [0.05, 0.1) is 18.4 Å². The number of nitrogens with zero attached hydrogens (tertiary/aromatic N) is 1. The Kier molecular flexibility index (Phi) is 6.60. The van der Waals surface area contributed by atoms with Crippen molar-refractivity contribution >= 4 is 12.1 Å². The molecule has 0 aliphatic rings. The monoisotopic (exact) mass is 366 g/mol. The van der Waals surface area contributed by atoms with Gasteiger partial charge in [-0.1, -0.05) is 12.1 Å². The minimum atomic E-state index is -4.39. The van der Waals surface area contributed by atoms with Gasteiger partial charge in [-0.05, 0) is 48.9 Å². The van der Waals surface area contributed by atoms with Crippen molar-refractivity contribution in [3.05, 3.63) is 59.7 Å². The van der Waals surface area contributed by atoms with E-state index in [2.05, 4.69) is 10.5 Å². The molecule has 8 heteroatoms. The van der Waals surface area contributed by atoms with Crippen LogP contribution < -0.4 is 14.9 Å². The van der Waals surface area contributed by atoms with Crippen LogP contribution >= 0.6 is 0 Å². The minimum Gasteiger partial charge on any atom is -0.494 e. The van der Waals surface area contributed by atoms with Crippen LogP contribution in [0.1, 0.15) is 18.1 Å². The molecular formula is C18H17F3N2O3. The first-order valence-corrected chi connectivity index (χ1v) is 7.73. The second kappa shape index (κ2) is 8.89. The lowest BCUT2D eigenvalue weighted by atomic mass is 10.1. The molecule has 0 bridgehead atoms. The lowest BCUT2D eigenvalue weighted by Gasteiger charge is -2.07. The normalized spacial score (nSPS) is 11.4. The van der Waals surface area contributed by atoms with Gasteiger partial charge in [0.1, 0.15) is 11.5 Å². The number of rotatable bonds is 7. The Labute approximate surface area is 148 Å². The summed E-state index contributed by atoms with van der Waals surface area (Å²) in [4.78, 5) is 11.6. The van der Waals surface area contributed by atoms with E-state index in [9.17, 15) is 18.0 Å². The number of carbonyl (C=O) groups is 1. The van der Waals surface area contributed by atoms with Crippen LogP contribution in [0, 0.1) is 0 Å². The van der Waals surface area contributed by atoms with Crippen LogP contribution in [-0.4, -0.2) is 25.3 Å². The predicted molar refractivity (Wildman–Crippen MR) is 90.3 cm³/mol. The van der Waals surface area contributed by atoms with Gasteiger partial charge in [-0.15, -0.1) is 0 Å². The summed E-state index contributed by atoms with van der Waals surface area (Å²) in [6, 6.07) is 11.2. The van der Waals surface area contributed by atoms with Crippen molar-refractivity contribution in [1.82, 2.24) is 5.43 Å². The maximum Gasteiger partial charge on any atom is 0.416 e. The zero-order chi connectivity index (χ0) is 19.0. The zero-order valence-electron chi connectivity index (χ0n) is 13.9. The fourth-order valence-electron chi connectivity index (χ4n) is 1.92. The van der Waals surface area contributed by atoms with Crippen molar-refractivity contribution < 1.29 is 27.4 Å². The van der Waals surface area contributed by atoms with Crippen molar-refractivity contribution in [3.63, 3.8) is 0 Å². The van der Waals surface area contributed by atoms with Gasteiger partial charge in [0.2, 0.25) is 0 Å². The standard InChI is InChI=1S/C18H17F3N2O3/c1-2-25-15-7-9-16(10-8-15)26-12-17(24)23-22-11-13-3-5-14(6-4-13)18(19,20)21/h3-11H,2,12H2,1H3,(H,23,24)/b22-11-. The van der Waals surface area contributed by atoms with E-state index in [0.717, 1.165) is 12.1 Å². The second-order valence-corrected chi connectivity index (χ2v) is 5.11. The molecule has 138 valence electrons. The molecule has 1 N–H and O–H groups in total. The Morgan fingerprint density at radius 1 is 1.04 bits per heavy atom. The molecule has 0 saturated heterocycles. The van der Waals surface area contributed by atoms with Crippen LogP contribution in [-0.2, 0) is 11.0 Å². The number of carbonyl (C=O) groups excluding carboxylic acids is 1. The van der Waals surface area contributed by atoms with Gasteiger partial charge < -0.3 is 9.47 Å². The summed E-state index contributed by atoms with van der Waals surface area (Å²) >= 11 is 0. The Bertz CT molecular complexity index is 742. The average molecular weight is 366 g/mol. The highest BCUT2D eigenvalue weighted by Crippen LogP contribution is 2.28. The minimum absolute atomic E-state index is 0.252. The third kappa shape index (κ3) is 6.12. The van der Waals surface area contributed by atoms with Gasteiger partial charge in [-0.25, -0.2) is 5.43 Å². The molecule has 0 aliphatic carbocycles. The fraction of sp³-hybridized carbons (Fsp3) is 0.222. The van der Waals surface area contributed by atoms with Gasteiger partial charge in [0, 0.05) is 0 Å². The highest BCUT2D eigenvalue weighted by atomic mass is 19.4. The lowest BCUT2D eigenvalue weighted by Crippen LogP contribution is -2.24. The fourth-order valence-corrected chi connectivity index (χ4v) is 1.92. The third-order valence-electron chi connectivity index (χ3n) is 3.15. The molecule has 5 nitrogen and oxygen atoms in total. The van der Waals surface area contributed by atoms with Crippen LogP contribution in [0.15, 0.2) is 53.6 Å². The van der Waals surface area contributed by atoms with Crippen LogP contribution in [0.5, 0.6) is 11.5 Å². The van der Waals surface area contributed by atoms with Crippen molar-refractivity contribution in [2.24, 2.45) is 5.10 Å². The van der Waals surface area contributed by atoms with E-state index in [1.54, 1.807) is 24.3 Å². The maximum atomic E-state index is 12.5. The number of benzene rings is 2. The Morgan fingerprint density at radius 2 is 1.62 bits per heavy atom. The average Bonchev–Trinajstić information content (AvgIpc) is 2.61. The number of amides is 1. The topological polar surface area (TPSA) is 59.9 Å². The van der Waals surface area contributed by atoms with E-state index >= 15 is 0 Å². The molecule has 0 saturated carbocycles. The molecule has 2 rings (SSSR count). The highest BCUT2D eigenvalue weighted by molar-refractivity contribution is 5.82. The van der Waals surface area contributed by atoms with Gasteiger partial charge >= 0.3 is 6.18 Å². The lowest BCUT2D eigenvalue weighted by molar-refractivity contribution is -0.137. The zero-order valence-corrected chi connectivity index (χ0v) is 13.9. The van der Waals surface area contributed by atoms with Crippen molar-refractivity contribution in [1.29, 1.82) is 0 Å². The molecule has 1 amide bonds. The summed E-state index contributed by atoms with van der Waals surface area (Å²) in [5, 5.41) is 3.68. The smallest absolute Gasteiger partial charge is 0.416 e. The summed E-state index contributed by atoms with van der Waals surface area (Å²) in [7, 11) is 0. The molecule has 0 heterocycles. The number of ether oxygens (including phenoxy) is 2. The number of hydrogen-bond donors (Lipinski definition) is 1. The van der Waals surface area contributed by atoms with Crippen LogP contribution in [0.25, 0.3) is 0 Å². The molecule has 0 aliphatic heterocycles. The molecule has 0 radical (unpaired) electrons. The van der Waals surface area contributed by atoms with Crippen molar-refractivity contribution in [2.75, 3.05) is 13.2 Å². The molecule has 2 aromatic carbocycles. The van der Waals surface area contributed by atoms with E-state index < -0.39 is 17.6 Å². The third-order valence-corrected chi connectivity index (χ3v) is 3.15. The molecule has 0 aromatic heterocycles. The summed E-state index contributed by atoms with van der Waals surface area (Å²) in [6.07, 6.45) is -3.14. The first-order chi connectivity index (χ1) is 12.4. The van der Waals surface area contributed by atoms with Gasteiger partial charge in [-0.2, -0.15) is 18.3 Å². The molecule has 0 atom stereocenters. The number of hydrogen-bond acceptors (Lipinski definition) is 4. The second-order valence-electron chi connectivity index (χ2n) is 5.11. The van der Waals surface area contributed by atoms with Gasteiger partial charge in [-0.3, -0.25) is 4.79 Å². The van der Waals surface area contributed by atoms with Crippen LogP contribution in [0.3, 0.4) is 0 Å². The number of hydrazone groups is 1. The van der Waals surface area contributed by atoms with Crippen LogP contribution in [0.2, 0.25) is 0 Å². The van der Waals surface area contributed by atoms with Crippen LogP contribution in [0.4, 0.5) is 13.2 Å². The van der Waals surface area contributed by atoms with E-state index in [1.165, 1.54) is 18.3 Å². The summed E-state index contributed by atoms with van der Waals surface area (Å²) in [5.41, 5.74) is 1.91. The quantitative estimate of drug-likeness (QED) is 0.601. The largest absolute Gasteiger partial charge is 0.494 e. The molecule has 2 aromatic rings. The van der Waals surface area contributed by atoms with Gasteiger partial charge in [0.25, 0.3) is 5.91 Å². The molecule has 0 unspecified atom stereocenters. The van der Waals surface area contributed by atoms with E-state index in [1.807, 2.05) is 6.92 Å². The van der Waals surface area contributed by atoms with E-state index in [0.29, 0.717) is 23.7 Å². The summed E-state index contributed by atoms with van der Waals surface area (Å²) < 4.78 is 47.9. The SMILES string of the molecule is CCOc1ccc(OCC(=O)N/N=C\c2ccc(C(F)(F)F)cc2)cc1. The molecule has 26 heavy (non-hydrogen) atoms. The molecular weight excluding hydrogens is 349 g/mol. The first kappa shape index (κ1) is 19.3. The van der Waals surface area contributed by atoms with Crippen molar-refractivity contribution in [3.8, 4) is 11.5 Å². The number of halogens is 3. The van der Waals surface area contributed by atoms with E-state index in [4.69, 9.17) is 9.47 Å². The van der Waals surface area contributed by atoms with Crippen molar-refractivity contribution in [2.45, 2.75) is 13.1 Å². The molecule has 0 fully saturated rings. The van der Waals surface area contributed by atoms with Gasteiger partial charge in [0.15, 0.2) is 6.61 Å². The first-order valence-electron chi connectivity index (χ1n) is 7.73. The maximum absolute atomic E-state index is 12.5. The Morgan fingerprint density at radius 3 is 2.15 bits per heavy atom. The predicted octanol–water partition coefficient (Wildman–Crippen LogP) is 3.63.